The molecule has 11 heteroatoms. The molecular weight excluding hydrogens is 469 g/mol. The molecule has 7 nitrogen and oxygen atoms in total. The van der Waals surface area contributed by atoms with E-state index >= 15 is 0 Å². The Hall–Kier alpha value is -3.47. The van der Waals surface area contributed by atoms with Crippen LogP contribution in [0.3, 0.4) is 0 Å². The quantitative estimate of drug-likeness (QED) is 0.410. The minimum atomic E-state index is -4.70. The molecule has 4 aromatic rings. The molecule has 0 saturated heterocycles. The van der Waals surface area contributed by atoms with Crippen molar-refractivity contribution < 1.29 is 26.4 Å². The van der Waals surface area contributed by atoms with Gasteiger partial charge in [0, 0.05) is 47.9 Å². The highest BCUT2D eigenvalue weighted by molar-refractivity contribution is 7.90. The number of hydrogen-bond acceptors (Lipinski definition) is 5. The van der Waals surface area contributed by atoms with E-state index in [0.29, 0.717) is 31.1 Å². The molecule has 0 aliphatic heterocycles. The molecule has 0 atom stereocenters. The fourth-order valence-electron chi connectivity index (χ4n) is 4.31. The smallest absolute Gasteiger partial charge is 0.300 e. The molecular formula is C23H19F3N4O3S. The SMILES string of the molecule is O=C1CCC(c2cnc3c(c2)c(-c2cnn(C(F)(F)F)c2)cn3S(=O)(=O)c2ccccc2)CC1. The summed E-state index contributed by atoms with van der Waals surface area (Å²) in [5.74, 6) is 0.264. The lowest BCUT2D eigenvalue weighted by atomic mass is 9.84. The van der Waals surface area contributed by atoms with Gasteiger partial charge >= 0.3 is 6.30 Å². The van der Waals surface area contributed by atoms with Crippen molar-refractivity contribution in [2.75, 3.05) is 0 Å². The zero-order valence-corrected chi connectivity index (χ0v) is 18.6. The van der Waals surface area contributed by atoms with Crippen LogP contribution < -0.4 is 0 Å². The molecule has 34 heavy (non-hydrogen) atoms. The van der Waals surface area contributed by atoms with Gasteiger partial charge in [0.2, 0.25) is 0 Å². The van der Waals surface area contributed by atoms with Crippen LogP contribution in [0.1, 0.15) is 37.2 Å². The largest absolute Gasteiger partial charge is 0.504 e. The molecule has 176 valence electrons. The first-order valence-electron chi connectivity index (χ1n) is 10.6. The van der Waals surface area contributed by atoms with Crippen LogP contribution in [0.4, 0.5) is 13.2 Å². The van der Waals surface area contributed by atoms with Gasteiger partial charge < -0.3 is 0 Å². The van der Waals surface area contributed by atoms with Gasteiger partial charge in [-0.3, -0.25) is 4.79 Å². The number of rotatable bonds is 4. The maximum absolute atomic E-state index is 13.4. The van der Waals surface area contributed by atoms with Gasteiger partial charge in [0.05, 0.1) is 11.1 Å². The van der Waals surface area contributed by atoms with Gasteiger partial charge in [-0.15, -0.1) is 13.2 Å². The van der Waals surface area contributed by atoms with Crippen molar-refractivity contribution in [3.8, 4) is 11.1 Å². The van der Waals surface area contributed by atoms with E-state index in [9.17, 15) is 26.4 Å². The number of aromatic nitrogens is 4. The zero-order chi connectivity index (χ0) is 24.1. The maximum atomic E-state index is 13.4. The van der Waals surface area contributed by atoms with Crippen molar-refractivity contribution in [2.45, 2.75) is 42.8 Å². The van der Waals surface area contributed by atoms with E-state index in [1.165, 1.54) is 18.3 Å². The Labute approximate surface area is 192 Å². The Balaban J connectivity index is 1.69. The molecule has 1 aromatic carbocycles. The van der Waals surface area contributed by atoms with Crippen molar-refractivity contribution in [3.63, 3.8) is 0 Å². The Morgan fingerprint density at radius 2 is 1.71 bits per heavy atom. The van der Waals surface area contributed by atoms with Crippen molar-refractivity contribution in [3.05, 3.63) is 66.7 Å². The fourth-order valence-corrected chi connectivity index (χ4v) is 5.66. The zero-order valence-electron chi connectivity index (χ0n) is 17.7. The Kier molecular flexibility index (Phi) is 5.31. The standard InChI is InChI=1S/C23H19F3N4O3S/c24-23(25,26)30-13-17(12-28-30)21-14-29(34(32,33)19-4-2-1-3-5-19)22-20(21)10-16(11-27-22)15-6-8-18(31)9-7-15/h1-5,10-15H,6-9H2. The van der Waals surface area contributed by atoms with Gasteiger partial charge in [-0.05, 0) is 42.5 Å². The molecule has 0 radical (unpaired) electrons. The summed E-state index contributed by atoms with van der Waals surface area (Å²) in [7, 11) is -4.06. The Morgan fingerprint density at radius 3 is 2.35 bits per heavy atom. The van der Waals surface area contributed by atoms with Crippen LogP contribution in [-0.4, -0.2) is 32.9 Å². The number of hydrogen-bond donors (Lipinski definition) is 0. The number of benzene rings is 1. The Bertz CT molecular complexity index is 1480. The lowest BCUT2D eigenvalue weighted by Gasteiger charge is -2.21. The van der Waals surface area contributed by atoms with E-state index in [0.717, 1.165) is 21.9 Å². The predicted molar refractivity (Wildman–Crippen MR) is 117 cm³/mol. The average molecular weight is 488 g/mol. The van der Waals surface area contributed by atoms with Crippen molar-refractivity contribution in [1.29, 1.82) is 0 Å². The van der Waals surface area contributed by atoms with Crippen LogP contribution in [0.5, 0.6) is 0 Å². The molecule has 0 amide bonds. The average Bonchev–Trinajstić information content (AvgIpc) is 3.45. The topological polar surface area (TPSA) is 86.8 Å². The van der Waals surface area contributed by atoms with Crippen LogP contribution in [0.15, 0.2) is 66.1 Å². The summed E-state index contributed by atoms with van der Waals surface area (Å²) < 4.78 is 67.0. The van der Waals surface area contributed by atoms with Crippen LogP contribution in [0.25, 0.3) is 22.2 Å². The molecule has 5 rings (SSSR count). The highest BCUT2D eigenvalue weighted by atomic mass is 32.2. The highest BCUT2D eigenvalue weighted by Crippen LogP contribution is 2.37. The van der Waals surface area contributed by atoms with Crippen LogP contribution in [-0.2, 0) is 21.1 Å². The van der Waals surface area contributed by atoms with E-state index < -0.39 is 16.3 Å². The van der Waals surface area contributed by atoms with Crippen LogP contribution in [0, 0.1) is 0 Å². The molecule has 3 heterocycles. The summed E-state index contributed by atoms with van der Waals surface area (Å²) in [5, 5.41) is 3.79. The molecule has 0 N–H and O–H groups in total. The van der Waals surface area contributed by atoms with Gasteiger partial charge in [-0.2, -0.15) is 9.78 Å². The molecule has 1 aliphatic carbocycles. The summed E-state index contributed by atoms with van der Waals surface area (Å²) in [6.07, 6.45) is 2.24. The van der Waals surface area contributed by atoms with Crippen LogP contribution in [0.2, 0.25) is 0 Å². The second-order valence-corrected chi connectivity index (χ2v) is 10.1. The maximum Gasteiger partial charge on any atom is 0.504 e. The second kappa shape index (κ2) is 8.08. The van der Waals surface area contributed by atoms with Gasteiger partial charge in [0.15, 0.2) is 5.65 Å². The van der Waals surface area contributed by atoms with Crippen molar-refractivity contribution >= 4 is 26.8 Å². The molecule has 3 aromatic heterocycles. The predicted octanol–water partition coefficient (Wildman–Crippen LogP) is 4.84. The number of nitrogens with zero attached hydrogens (tertiary/aromatic N) is 4. The summed E-state index contributed by atoms with van der Waals surface area (Å²) >= 11 is 0. The third-order valence-electron chi connectivity index (χ3n) is 6.10. The number of carbonyl (C=O) groups is 1. The minimum absolute atomic E-state index is 0.0288. The number of carbonyl (C=O) groups excluding carboxylic acids is 1. The normalized spacial score (nSPS) is 15.8. The number of pyridine rings is 1. The monoisotopic (exact) mass is 488 g/mol. The minimum Gasteiger partial charge on any atom is -0.300 e. The van der Waals surface area contributed by atoms with E-state index in [1.54, 1.807) is 30.5 Å². The van der Waals surface area contributed by atoms with Gasteiger partial charge in [0.25, 0.3) is 10.0 Å². The summed E-state index contributed by atoms with van der Waals surface area (Å²) in [5.41, 5.74) is 1.31. The van der Waals surface area contributed by atoms with E-state index in [-0.39, 0.29) is 38.1 Å². The lowest BCUT2D eigenvalue weighted by molar-refractivity contribution is -0.212. The number of alkyl halides is 3. The number of halogens is 3. The molecule has 0 bridgehead atoms. The third kappa shape index (κ3) is 3.89. The van der Waals surface area contributed by atoms with Crippen molar-refractivity contribution in [2.24, 2.45) is 0 Å². The van der Waals surface area contributed by atoms with Gasteiger partial charge in [0.1, 0.15) is 5.78 Å². The first-order valence-corrected chi connectivity index (χ1v) is 12.0. The summed E-state index contributed by atoms with van der Waals surface area (Å²) in [6.45, 7) is 0. The molecule has 0 spiro atoms. The van der Waals surface area contributed by atoms with E-state index in [2.05, 4.69) is 10.1 Å². The highest BCUT2D eigenvalue weighted by Gasteiger charge is 2.32. The lowest BCUT2D eigenvalue weighted by Crippen LogP contribution is -2.16. The molecule has 1 saturated carbocycles. The van der Waals surface area contributed by atoms with Gasteiger partial charge in [-0.1, -0.05) is 18.2 Å². The Morgan fingerprint density at radius 1 is 1.00 bits per heavy atom. The molecule has 1 fully saturated rings. The first-order chi connectivity index (χ1) is 16.1. The summed E-state index contributed by atoms with van der Waals surface area (Å²) in [6, 6.07) is 9.50. The van der Waals surface area contributed by atoms with Crippen molar-refractivity contribution in [1.82, 2.24) is 18.7 Å². The number of ketones is 1. The molecule has 0 unspecified atom stereocenters. The fraction of sp³-hybridized carbons (Fsp3) is 0.261. The second-order valence-electron chi connectivity index (χ2n) is 8.25. The van der Waals surface area contributed by atoms with E-state index in [1.807, 2.05) is 0 Å². The molecule has 1 aliphatic rings. The number of Topliss-reactive ketones (excluding diaryl/α,β-unsaturated/α-hetero) is 1. The van der Waals surface area contributed by atoms with Crippen LogP contribution >= 0.6 is 0 Å². The first kappa shape index (κ1) is 22.3. The summed E-state index contributed by atoms with van der Waals surface area (Å²) in [4.78, 5) is 16.1. The van der Waals surface area contributed by atoms with Gasteiger partial charge in [-0.25, -0.2) is 17.4 Å². The van der Waals surface area contributed by atoms with E-state index in [4.69, 9.17) is 0 Å². The number of fused-ring (bicyclic) bond motifs is 1. The third-order valence-corrected chi connectivity index (χ3v) is 7.77.